The number of hydrogen-bond donors (Lipinski definition) is 1. The van der Waals surface area contributed by atoms with Gasteiger partial charge in [-0.2, -0.15) is 13.2 Å². The number of methoxy groups -OCH3 is 2. The third kappa shape index (κ3) is 4.20. The molecule has 1 aromatic carbocycles. The first-order chi connectivity index (χ1) is 9.68. The Morgan fingerprint density at radius 1 is 0.952 bits per heavy atom. The van der Waals surface area contributed by atoms with Crippen LogP contribution in [0.5, 0.6) is 0 Å². The summed E-state index contributed by atoms with van der Waals surface area (Å²) in [6.07, 6.45) is -5.10. The van der Waals surface area contributed by atoms with Crippen molar-refractivity contribution in [3.05, 3.63) is 29.3 Å². The van der Waals surface area contributed by atoms with Crippen LogP contribution in [-0.4, -0.2) is 38.2 Å². The van der Waals surface area contributed by atoms with Gasteiger partial charge in [0, 0.05) is 5.69 Å². The molecule has 21 heavy (non-hydrogen) atoms. The molecule has 0 aromatic heterocycles. The molecule has 0 spiro atoms. The molecule has 0 saturated heterocycles. The van der Waals surface area contributed by atoms with E-state index in [4.69, 9.17) is 0 Å². The average molecular weight is 305 g/mol. The van der Waals surface area contributed by atoms with Gasteiger partial charge in [0.25, 0.3) is 0 Å². The second-order valence-electron chi connectivity index (χ2n) is 3.73. The lowest BCUT2D eigenvalue weighted by Gasteiger charge is -2.10. The zero-order chi connectivity index (χ0) is 16.2. The van der Waals surface area contributed by atoms with Crippen molar-refractivity contribution < 1.29 is 37.0 Å². The van der Waals surface area contributed by atoms with Gasteiger partial charge >= 0.3 is 24.0 Å². The Balaban J connectivity index is 3.22. The first-order valence-electron chi connectivity index (χ1n) is 5.39. The van der Waals surface area contributed by atoms with Crippen molar-refractivity contribution in [2.45, 2.75) is 6.18 Å². The van der Waals surface area contributed by atoms with Crippen LogP contribution in [0.15, 0.2) is 18.2 Å². The molecule has 0 aliphatic carbocycles. The summed E-state index contributed by atoms with van der Waals surface area (Å²) in [7, 11) is 2.11. The Bertz CT molecular complexity index is 548. The smallest absolute Gasteiger partial charge is 0.465 e. The summed E-state index contributed by atoms with van der Waals surface area (Å²) in [5.41, 5.74) is -0.809. The lowest BCUT2D eigenvalue weighted by atomic mass is 10.1. The minimum atomic E-state index is -5.10. The third-order valence-electron chi connectivity index (χ3n) is 2.29. The predicted octanol–water partition coefficient (Wildman–Crippen LogP) is 1.76. The summed E-state index contributed by atoms with van der Waals surface area (Å²) in [4.78, 5) is 33.7. The van der Waals surface area contributed by atoms with Gasteiger partial charge in [-0.15, -0.1) is 0 Å². The van der Waals surface area contributed by atoms with E-state index in [0.29, 0.717) is 0 Å². The van der Waals surface area contributed by atoms with Gasteiger partial charge in [-0.25, -0.2) is 9.59 Å². The van der Waals surface area contributed by atoms with Crippen molar-refractivity contribution in [3.63, 3.8) is 0 Å². The van der Waals surface area contributed by atoms with Gasteiger partial charge in [-0.3, -0.25) is 4.79 Å². The predicted molar refractivity (Wildman–Crippen MR) is 63.8 cm³/mol. The number of alkyl halides is 3. The number of halogens is 3. The molecule has 6 nitrogen and oxygen atoms in total. The van der Waals surface area contributed by atoms with E-state index in [-0.39, 0.29) is 16.8 Å². The summed E-state index contributed by atoms with van der Waals surface area (Å²) in [5.74, 6) is -4.01. The van der Waals surface area contributed by atoms with Crippen LogP contribution < -0.4 is 5.32 Å². The number of benzene rings is 1. The van der Waals surface area contributed by atoms with Crippen LogP contribution >= 0.6 is 0 Å². The highest BCUT2D eigenvalue weighted by molar-refractivity contribution is 6.00. The first-order valence-corrected chi connectivity index (χ1v) is 5.39. The number of hydrogen-bond acceptors (Lipinski definition) is 5. The highest BCUT2D eigenvalue weighted by Crippen LogP contribution is 2.21. The van der Waals surface area contributed by atoms with E-state index in [2.05, 4.69) is 9.47 Å². The van der Waals surface area contributed by atoms with E-state index in [1.165, 1.54) is 0 Å². The number of amides is 1. The number of carbonyl (C=O) groups excluding carboxylic acids is 3. The fourth-order valence-corrected chi connectivity index (χ4v) is 1.37. The van der Waals surface area contributed by atoms with Gasteiger partial charge in [0.1, 0.15) is 0 Å². The second kappa shape index (κ2) is 6.25. The van der Waals surface area contributed by atoms with Crippen LogP contribution in [-0.2, 0) is 14.3 Å². The fourth-order valence-electron chi connectivity index (χ4n) is 1.37. The minimum Gasteiger partial charge on any atom is -0.465 e. The molecule has 1 N–H and O–H groups in total. The molecular formula is C12H10F3NO5. The van der Waals surface area contributed by atoms with Gasteiger partial charge in [0.2, 0.25) is 0 Å². The van der Waals surface area contributed by atoms with Crippen LogP contribution in [0.2, 0.25) is 0 Å². The van der Waals surface area contributed by atoms with Crippen molar-refractivity contribution in [2.75, 3.05) is 19.5 Å². The van der Waals surface area contributed by atoms with Crippen LogP contribution in [0.4, 0.5) is 18.9 Å². The maximum absolute atomic E-state index is 12.2. The van der Waals surface area contributed by atoms with Crippen LogP contribution in [0, 0.1) is 0 Å². The first kappa shape index (κ1) is 16.5. The number of anilines is 1. The molecule has 114 valence electrons. The Morgan fingerprint density at radius 2 is 1.38 bits per heavy atom. The van der Waals surface area contributed by atoms with Gasteiger partial charge in [0.15, 0.2) is 0 Å². The van der Waals surface area contributed by atoms with Gasteiger partial charge in [-0.05, 0) is 18.2 Å². The van der Waals surface area contributed by atoms with E-state index in [1.807, 2.05) is 0 Å². The molecule has 0 radical (unpaired) electrons. The van der Waals surface area contributed by atoms with E-state index >= 15 is 0 Å². The summed E-state index contributed by atoms with van der Waals surface area (Å²) >= 11 is 0. The summed E-state index contributed by atoms with van der Waals surface area (Å²) in [5, 5.41) is 1.54. The Kier molecular flexibility index (Phi) is 4.90. The largest absolute Gasteiger partial charge is 0.471 e. The fraction of sp³-hybridized carbons (Fsp3) is 0.250. The Labute approximate surface area is 116 Å². The van der Waals surface area contributed by atoms with Gasteiger partial charge in [0.05, 0.1) is 25.3 Å². The summed E-state index contributed by atoms with van der Waals surface area (Å²) in [6, 6.07) is 2.96. The zero-order valence-electron chi connectivity index (χ0n) is 10.9. The number of nitrogens with one attached hydrogen (secondary N) is 1. The van der Waals surface area contributed by atoms with E-state index in [9.17, 15) is 27.6 Å². The van der Waals surface area contributed by atoms with Crippen molar-refractivity contribution in [3.8, 4) is 0 Å². The van der Waals surface area contributed by atoms with Gasteiger partial charge < -0.3 is 14.8 Å². The topological polar surface area (TPSA) is 81.7 Å². The maximum atomic E-state index is 12.2. The number of rotatable bonds is 3. The Hall–Kier alpha value is -2.58. The quantitative estimate of drug-likeness (QED) is 0.861. The van der Waals surface area contributed by atoms with Crippen molar-refractivity contribution in [1.29, 1.82) is 0 Å². The zero-order valence-corrected chi connectivity index (χ0v) is 10.9. The molecule has 1 amide bonds. The molecule has 0 fully saturated rings. The van der Waals surface area contributed by atoms with Crippen molar-refractivity contribution in [2.24, 2.45) is 0 Å². The van der Waals surface area contributed by atoms with Gasteiger partial charge in [-0.1, -0.05) is 0 Å². The molecule has 0 bridgehead atoms. The maximum Gasteiger partial charge on any atom is 0.471 e. The molecule has 0 aliphatic heterocycles. The van der Waals surface area contributed by atoms with E-state index in [1.54, 1.807) is 5.32 Å². The lowest BCUT2D eigenvalue weighted by Crippen LogP contribution is -2.30. The molecule has 9 heteroatoms. The van der Waals surface area contributed by atoms with E-state index in [0.717, 1.165) is 32.4 Å². The highest BCUT2D eigenvalue weighted by atomic mass is 19.4. The summed E-state index contributed by atoms with van der Waals surface area (Å²) in [6.45, 7) is 0. The second-order valence-corrected chi connectivity index (χ2v) is 3.73. The average Bonchev–Trinajstić information content (AvgIpc) is 2.44. The number of esters is 2. The third-order valence-corrected chi connectivity index (χ3v) is 2.29. The van der Waals surface area contributed by atoms with Crippen LogP contribution in [0.25, 0.3) is 0 Å². The van der Waals surface area contributed by atoms with E-state index < -0.39 is 24.0 Å². The molecule has 1 aromatic rings. The van der Waals surface area contributed by atoms with Crippen molar-refractivity contribution in [1.82, 2.24) is 0 Å². The standard InChI is InChI=1S/C12H10F3NO5/c1-20-9(17)6-3-7(10(18)21-2)5-8(4-6)16-11(19)12(13,14)15/h3-5H,1-2H3,(H,16,19). The molecule has 0 unspecified atom stereocenters. The van der Waals surface area contributed by atoms with Crippen LogP contribution in [0.1, 0.15) is 20.7 Å². The molecule has 0 saturated carbocycles. The highest BCUT2D eigenvalue weighted by Gasteiger charge is 2.38. The molecule has 0 heterocycles. The molecular weight excluding hydrogens is 295 g/mol. The monoisotopic (exact) mass is 305 g/mol. The Morgan fingerprint density at radius 3 is 1.71 bits per heavy atom. The summed E-state index contributed by atoms with van der Waals surface area (Å²) < 4.78 is 45.4. The molecule has 0 aliphatic rings. The SMILES string of the molecule is COC(=O)c1cc(NC(=O)C(F)(F)F)cc(C(=O)OC)c1. The van der Waals surface area contributed by atoms with Crippen molar-refractivity contribution >= 4 is 23.5 Å². The molecule has 0 atom stereocenters. The number of carbonyl (C=O) groups is 3. The number of ether oxygens (including phenoxy) is 2. The molecule has 1 rings (SSSR count). The lowest BCUT2D eigenvalue weighted by molar-refractivity contribution is -0.167. The minimum absolute atomic E-state index is 0.210. The van der Waals surface area contributed by atoms with Crippen LogP contribution in [0.3, 0.4) is 0 Å². The normalized spacial score (nSPS) is 10.7.